The van der Waals surface area contributed by atoms with Crippen LogP contribution in [0.3, 0.4) is 0 Å². The highest BCUT2D eigenvalue weighted by Crippen LogP contribution is 2.33. The maximum absolute atomic E-state index is 12.6. The van der Waals surface area contributed by atoms with E-state index in [1.165, 1.54) is 13.0 Å². The third kappa shape index (κ3) is 3.76. The standard InChI is InChI=1S/C19H20F2N2O3/c1-11(24)13-9-17(23(2)10-13)18(25)22-16-5-3-4-12-8-14(26-19(20)21)6-7-15(12)16/h6-10,16,19H,3-5H2,1-2H3,(H,22,25). The number of nitrogens with one attached hydrogen (secondary N) is 1. The molecule has 1 aromatic heterocycles. The number of carbonyl (C=O) groups is 2. The average molecular weight is 362 g/mol. The molecule has 1 N–H and O–H groups in total. The minimum atomic E-state index is -2.86. The Labute approximate surface area is 150 Å². The first-order chi connectivity index (χ1) is 12.3. The van der Waals surface area contributed by atoms with Crippen molar-refractivity contribution in [2.75, 3.05) is 0 Å². The fourth-order valence-corrected chi connectivity index (χ4v) is 3.33. The number of ketones is 1. The molecule has 7 heteroatoms. The normalized spacial score (nSPS) is 16.3. The molecule has 5 nitrogen and oxygen atoms in total. The largest absolute Gasteiger partial charge is 0.435 e. The molecule has 1 atom stereocenters. The molecule has 138 valence electrons. The monoisotopic (exact) mass is 362 g/mol. The topological polar surface area (TPSA) is 60.3 Å². The minimum Gasteiger partial charge on any atom is -0.435 e. The van der Waals surface area contributed by atoms with Crippen molar-refractivity contribution in [1.29, 1.82) is 0 Å². The summed E-state index contributed by atoms with van der Waals surface area (Å²) in [5, 5.41) is 2.98. The van der Waals surface area contributed by atoms with Crippen LogP contribution in [0.25, 0.3) is 0 Å². The summed E-state index contributed by atoms with van der Waals surface area (Å²) in [4.78, 5) is 24.1. The van der Waals surface area contributed by atoms with Gasteiger partial charge in [0.15, 0.2) is 5.78 Å². The van der Waals surface area contributed by atoms with Gasteiger partial charge >= 0.3 is 6.61 Å². The van der Waals surface area contributed by atoms with Crippen LogP contribution in [-0.2, 0) is 13.5 Å². The Balaban J connectivity index is 1.79. The maximum atomic E-state index is 12.6. The van der Waals surface area contributed by atoms with Crippen LogP contribution in [0.15, 0.2) is 30.5 Å². The summed E-state index contributed by atoms with van der Waals surface area (Å²) in [6.45, 7) is -1.41. The van der Waals surface area contributed by atoms with Gasteiger partial charge in [0, 0.05) is 18.8 Å². The fraction of sp³-hybridized carbons (Fsp3) is 0.368. The number of Topliss-reactive ketones (excluding diaryl/α,β-unsaturated/α-hetero) is 1. The number of halogens is 2. The Bertz CT molecular complexity index is 845. The van der Waals surface area contributed by atoms with Crippen LogP contribution in [0.2, 0.25) is 0 Å². The smallest absolute Gasteiger partial charge is 0.387 e. The van der Waals surface area contributed by atoms with Crippen LogP contribution in [-0.4, -0.2) is 22.9 Å². The number of carbonyl (C=O) groups excluding carboxylic acids is 2. The Morgan fingerprint density at radius 1 is 1.31 bits per heavy atom. The molecule has 1 amide bonds. The predicted molar refractivity (Wildman–Crippen MR) is 91.6 cm³/mol. The molecular formula is C19H20F2N2O3. The predicted octanol–water partition coefficient (Wildman–Crippen LogP) is 3.64. The highest BCUT2D eigenvalue weighted by molar-refractivity contribution is 5.99. The summed E-state index contributed by atoms with van der Waals surface area (Å²) in [7, 11) is 1.71. The molecule has 1 aliphatic rings. The van der Waals surface area contributed by atoms with Crippen molar-refractivity contribution in [1.82, 2.24) is 9.88 Å². The van der Waals surface area contributed by atoms with E-state index in [2.05, 4.69) is 10.1 Å². The molecule has 0 bridgehead atoms. The quantitative estimate of drug-likeness (QED) is 0.826. The number of aryl methyl sites for hydroxylation is 2. The van der Waals surface area contributed by atoms with Crippen molar-refractivity contribution in [2.45, 2.75) is 38.8 Å². The molecule has 1 heterocycles. The summed E-state index contributed by atoms with van der Waals surface area (Å²) >= 11 is 0. The first-order valence-electron chi connectivity index (χ1n) is 8.41. The van der Waals surface area contributed by atoms with Gasteiger partial charge in [-0.1, -0.05) is 6.07 Å². The van der Waals surface area contributed by atoms with Gasteiger partial charge in [0.25, 0.3) is 5.91 Å². The second-order valence-electron chi connectivity index (χ2n) is 6.44. The van der Waals surface area contributed by atoms with E-state index < -0.39 is 6.61 Å². The number of ether oxygens (including phenoxy) is 1. The SMILES string of the molecule is CC(=O)c1cc(C(=O)NC2CCCc3cc(OC(F)F)ccc32)n(C)c1. The highest BCUT2D eigenvalue weighted by atomic mass is 19.3. The Kier molecular flexibility index (Phi) is 5.06. The Morgan fingerprint density at radius 3 is 2.73 bits per heavy atom. The molecule has 0 spiro atoms. The van der Waals surface area contributed by atoms with Crippen LogP contribution in [0.5, 0.6) is 5.75 Å². The average Bonchev–Trinajstić information content (AvgIpc) is 2.96. The van der Waals surface area contributed by atoms with Gasteiger partial charge in [-0.2, -0.15) is 8.78 Å². The summed E-state index contributed by atoms with van der Waals surface area (Å²) < 4.78 is 30.8. The lowest BCUT2D eigenvalue weighted by molar-refractivity contribution is -0.0499. The summed E-state index contributed by atoms with van der Waals surface area (Å²) in [5.74, 6) is -0.251. The van der Waals surface area contributed by atoms with Crippen LogP contribution in [0.1, 0.15) is 57.8 Å². The lowest BCUT2D eigenvalue weighted by Gasteiger charge is -2.27. The van der Waals surface area contributed by atoms with Crippen LogP contribution < -0.4 is 10.1 Å². The second kappa shape index (κ2) is 7.27. The summed E-state index contributed by atoms with van der Waals surface area (Å²) in [6.07, 6.45) is 3.97. The van der Waals surface area contributed by atoms with Gasteiger partial charge in [0.2, 0.25) is 0 Å². The minimum absolute atomic E-state index is 0.103. The summed E-state index contributed by atoms with van der Waals surface area (Å²) in [6, 6.07) is 6.19. The number of rotatable bonds is 5. The van der Waals surface area contributed by atoms with Crippen molar-refractivity contribution in [3.63, 3.8) is 0 Å². The van der Waals surface area contributed by atoms with E-state index in [0.717, 1.165) is 30.4 Å². The maximum Gasteiger partial charge on any atom is 0.387 e. The van der Waals surface area contributed by atoms with Crippen molar-refractivity contribution >= 4 is 11.7 Å². The number of alkyl halides is 2. The number of fused-ring (bicyclic) bond motifs is 1. The van der Waals surface area contributed by atoms with Gasteiger partial charge in [-0.3, -0.25) is 9.59 Å². The number of hydrogen-bond donors (Lipinski definition) is 1. The molecule has 1 aromatic carbocycles. The van der Waals surface area contributed by atoms with Gasteiger partial charge in [-0.05, 0) is 55.5 Å². The molecule has 0 saturated carbocycles. The first kappa shape index (κ1) is 18.1. The Hall–Kier alpha value is -2.70. The van der Waals surface area contributed by atoms with E-state index in [0.29, 0.717) is 11.3 Å². The number of aromatic nitrogens is 1. The van der Waals surface area contributed by atoms with Crippen LogP contribution >= 0.6 is 0 Å². The van der Waals surface area contributed by atoms with Gasteiger partial charge < -0.3 is 14.6 Å². The van der Waals surface area contributed by atoms with Crippen LogP contribution in [0, 0.1) is 0 Å². The molecule has 0 radical (unpaired) electrons. The van der Waals surface area contributed by atoms with Gasteiger partial charge in [0.1, 0.15) is 11.4 Å². The van der Waals surface area contributed by atoms with Crippen LogP contribution in [0.4, 0.5) is 8.78 Å². The molecule has 0 saturated heterocycles. The third-order valence-electron chi connectivity index (χ3n) is 4.60. The molecule has 3 rings (SSSR count). The molecule has 2 aromatic rings. The first-order valence-corrected chi connectivity index (χ1v) is 8.41. The third-order valence-corrected chi connectivity index (χ3v) is 4.60. The molecule has 0 fully saturated rings. The lowest BCUT2D eigenvalue weighted by atomic mass is 9.87. The zero-order valence-corrected chi connectivity index (χ0v) is 14.6. The number of benzene rings is 1. The molecule has 1 aliphatic carbocycles. The highest BCUT2D eigenvalue weighted by Gasteiger charge is 2.24. The molecule has 1 unspecified atom stereocenters. The zero-order chi connectivity index (χ0) is 18.8. The van der Waals surface area contributed by atoms with Crippen molar-refractivity contribution in [2.24, 2.45) is 7.05 Å². The van der Waals surface area contributed by atoms with Gasteiger partial charge in [-0.15, -0.1) is 0 Å². The van der Waals surface area contributed by atoms with Crippen molar-refractivity contribution in [3.05, 3.63) is 52.8 Å². The number of amides is 1. The van der Waals surface area contributed by atoms with Crippen molar-refractivity contribution in [3.8, 4) is 5.75 Å². The van der Waals surface area contributed by atoms with E-state index in [4.69, 9.17) is 0 Å². The zero-order valence-electron chi connectivity index (χ0n) is 14.6. The van der Waals surface area contributed by atoms with E-state index in [-0.39, 0.29) is 23.5 Å². The van der Waals surface area contributed by atoms with E-state index in [1.54, 1.807) is 36.0 Å². The molecule has 26 heavy (non-hydrogen) atoms. The van der Waals surface area contributed by atoms with E-state index in [9.17, 15) is 18.4 Å². The Morgan fingerprint density at radius 2 is 2.08 bits per heavy atom. The van der Waals surface area contributed by atoms with E-state index in [1.807, 2.05) is 0 Å². The van der Waals surface area contributed by atoms with Crippen molar-refractivity contribution < 1.29 is 23.1 Å². The lowest BCUT2D eigenvalue weighted by Crippen LogP contribution is -2.32. The van der Waals surface area contributed by atoms with E-state index >= 15 is 0 Å². The fourth-order valence-electron chi connectivity index (χ4n) is 3.33. The number of hydrogen-bond acceptors (Lipinski definition) is 3. The molecule has 0 aliphatic heterocycles. The number of nitrogens with zero attached hydrogens (tertiary/aromatic N) is 1. The van der Waals surface area contributed by atoms with Gasteiger partial charge in [-0.25, -0.2) is 0 Å². The van der Waals surface area contributed by atoms with Gasteiger partial charge in [0.05, 0.1) is 6.04 Å². The second-order valence-corrected chi connectivity index (χ2v) is 6.44. The summed E-state index contributed by atoms with van der Waals surface area (Å²) in [5.41, 5.74) is 2.69. The molecular weight excluding hydrogens is 342 g/mol.